The molecule has 1 aromatic rings. The minimum absolute atomic E-state index is 0.401. The predicted molar refractivity (Wildman–Crippen MR) is 89.2 cm³/mol. The maximum absolute atomic E-state index is 10.9. The van der Waals surface area contributed by atoms with E-state index in [1.807, 2.05) is 36.4 Å². The van der Waals surface area contributed by atoms with E-state index in [1.54, 1.807) is 0 Å². The number of rotatable bonds is 4. The maximum atomic E-state index is 10.9. The molecule has 1 fully saturated rings. The molecule has 2 heteroatoms. The highest BCUT2D eigenvalue weighted by atomic mass is 16.5. The summed E-state index contributed by atoms with van der Waals surface area (Å²) in [6.45, 7) is 0.582. The Balaban J connectivity index is 1.56. The summed E-state index contributed by atoms with van der Waals surface area (Å²) >= 11 is 0. The Morgan fingerprint density at radius 2 is 1.77 bits per heavy atom. The van der Waals surface area contributed by atoms with Gasteiger partial charge in [-0.2, -0.15) is 0 Å². The van der Waals surface area contributed by atoms with Crippen molar-refractivity contribution in [2.75, 3.05) is 0 Å². The Hall–Kier alpha value is -1.54. The Morgan fingerprint density at radius 3 is 2.41 bits per heavy atom. The Labute approximate surface area is 133 Å². The van der Waals surface area contributed by atoms with E-state index in [-0.39, 0.29) is 0 Å². The van der Waals surface area contributed by atoms with Gasteiger partial charge in [-0.3, -0.25) is 0 Å². The minimum Gasteiger partial charge on any atom is -0.489 e. The molecule has 2 nitrogen and oxygen atoms in total. The minimum atomic E-state index is -0.663. The van der Waals surface area contributed by atoms with Crippen LogP contribution in [0.3, 0.4) is 0 Å². The van der Waals surface area contributed by atoms with Crippen molar-refractivity contribution in [3.8, 4) is 0 Å². The van der Waals surface area contributed by atoms with Gasteiger partial charge in [-0.15, -0.1) is 0 Å². The van der Waals surface area contributed by atoms with Crippen LogP contribution in [0.25, 0.3) is 0 Å². The number of hydrogen-bond donors (Lipinski definition) is 1. The molecule has 0 heterocycles. The number of ether oxygens (including phenoxy) is 1. The highest BCUT2D eigenvalue weighted by Crippen LogP contribution is 2.37. The second-order valence-electron chi connectivity index (χ2n) is 6.60. The molecule has 0 aromatic heterocycles. The SMILES string of the molecule is OC1(C2CCCCCC2)C=CC(OCc2ccccc2)=CC1. The normalized spacial score (nSPS) is 26.3. The smallest absolute Gasteiger partial charge is 0.115 e. The molecule has 1 unspecified atom stereocenters. The summed E-state index contributed by atoms with van der Waals surface area (Å²) in [5, 5.41) is 10.9. The third-order valence-electron chi connectivity index (χ3n) is 4.98. The number of benzene rings is 1. The van der Waals surface area contributed by atoms with Crippen molar-refractivity contribution >= 4 is 0 Å². The molecule has 2 aliphatic rings. The highest BCUT2D eigenvalue weighted by Gasteiger charge is 2.35. The maximum Gasteiger partial charge on any atom is 0.115 e. The molecule has 0 amide bonds. The Kier molecular flexibility index (Phi) is 4.99. The first-order chi connectivity index (χ1) is 10.8. The van der Waals surface area contributed by atoms with Crippen molar-refractivity contribution in [1.29, 1.82) is 0 Å². The predicted octanol–water partition coefficient (Wildman–Crippen LogP) is 4.75. The number of aliphatic hydroxyl groups is 1. The van der Waals surface area contributed by atoms with Gasteiger partial charge in [0.25, 0.3) is 0 Å². The van der Waals surface area contributed by atoms with Crippen molar-refractivity contribution < 1.29 is 9.84 Å². The van der Waals surface area contributed by atoms with Crippen LogP contribution in [0.2, 0.25) is 0 Å². The van der Waals surface area contributed by atoms with E-state index in [4.69, 9.17) is 4.74 Å². The molecular formula is C20H26O2. The van der Waals surface area contributed by atoms with E-state index in [0.717, 1.165) is 18.6 Å². The van der Waals surface area contributed by atoms with Crippen molar-refractivity contribution in [3.05, 3.63) is 59.9 Å². The second kappa shape index (κ2) is 7.15. The number of hydrogen-bond acceptors (Lipinski definition) is 2. The van der Waals surface area contributed by atoms with Gasteiger partial charge in [-0.25, -0.2) is 0 Å². The molecule has 0 radical (unpaired) electrons. The van der Waals surface area contributed by atoms with Gasteiger partial charge in [-0.05, 0) is 42.6 Å². The molecule has 1 N–H and O–H groups in total. The van der Waals surface area contributed by atoms with Gasteiger partial charge in [0.1, 0.15) is 12.4 Å². The molecule has 2 aliphatic carbocycles. The van der Waals surface area contributed by atoms with Crippen molar-refractivity contribution in [1.82, 2.24) is 0 Å². The first-order valence-electron chi connectivity index (χ1n) is 8.55. The molecular weight excluding hydrogens is 272 g/mol. The summed E-state index contributed by atoms with van der Waals surface area (Å²) in [4.78, 5) is 0. The zero-order valence-electron chi connectivity index (χ0n) is 13.2. The van der Waals surface area contributed by atoms with Crippen LogP contribution < -0.4 is 0 Å². The van der Waals surface area contributed by atoms with Crippen LogP contribution in [-0.4, -0.2) is 10.7 Å². The molecule has 0 saturated heterocycles. The summed E-state index contributed by atoms with van der Waals surface area (Å²) in [7, 11) is 0. The lowest BCUT2D eigenvalue weighted by Crippen LogP contribution is -2.36. The molecule has 22 heavy (non-hydrogen) atoms. The van der Waals surface area contributed by atoms with E-state index in [9.17, 15) is 5.11 Å². The van der Waals surface area contributed by atoms with Gasteiger partial charge >= 0.3 is 0 Å². The van der Waals surface area contributed by atoms with Crippen LogP contribution in [-0.2, 0) is 11.3 Å². The first kappa shape index (κ1) is 15.4. The van der Waals surface area contributed by atoms with Crippen molar-refractivity contribution in [2.24, 2.45) is 5.92 Å². The second-order valence-corrected chi connectivity index (χ2v) is 6.60. The van der Waals surface area contributed by atoms with E-state index in [0.29, 0.717) is 18.9 Å². The first-order valence-corrected chi connectivity index (χ1v) is 8.55. The summed E-state index contributed by atoms with van der Waals surface area (Å²) in [6, 6.07) is 10.2. The summed E-state index contributed by atoms with van der Waals surface area (Å²) in [6.07, 6.45) is 14.1. The molecule has 0 bridgehead atoms. The topological polar surface area (TPSA) is 29.5 Å². The van der Waals surface area contributed by atoms with Crippen molar-refractivity contribution in [3.63, 3.8) is 0 Å². The number of allylic oxidation sites excluding steroid dienone is 1. The van der Waals surface area contributed by atoms with E-state index in [2.05, 4.69) is 12.1 Å². The van der Waals surface area contributed by atoms with Crippen LogP contribution in [0.1, 0.15) is 50.5 Å². The van der Waals surface area contributed by atoms with Crippen LogP contribution in [0.5, 0.6) is 0 Å². The summed E-state index contributed by atoms with van der Waals surface area (Å²) in [5.74, 6) is 1.28. The Morgan fingerprint density at radius 1 is 1.05 bits per heavy atom. The van der Waals surface area contributed by atoms with Gasteiger partial charge in [-0.1, -0.05) is 56.0 Å². The molecule has 0 spiro atoms. The van der Waals surface area contributed by atoms with Gasteiger partial charge < -0.3 is 9.84 Å². The van der Waals surface area contributed by atoms with Crippen LogP contribution in [0, 0.1) is 5.92 Å². The highest BCUT2D eigenvalue weighted by molar-refractivity contribution is 5.25. The van der Waals surface area contributed by atoms with Crippen LogP contribution in [0.4, 0.5) is 0 Å². The fourth-order valence-corrected chi connectivity index (χ4v) is 3.56. The molecule has 0 aliphatic heterocycles. The molecule has 1 atom stereocenters. The zero-order valence-corrected chi connectivity index (χ0v) is 13.2. The third-order valence-corrected chi connectivity index (χ3v) is 4.98. The van der Waals surface area contributed by atoms with E-state index in [1.165, 1.54) is 31.2 Å². The molecule has 1 saturated carbocycles. The van der Waals surface area contributed by atoms with E-state index < -0.39 is 5.60 Å². The fraction of sp³-hybridized carbons (Fsp3) is 0.500. The summed E-state index contributed by atoms with van der Waals surface area (Å²) < 4.78 is 5.84. The molecule has 1 aromatic carbocycles. The zero-order chi connectivity index (χ0) is 15.3. The van der Waals surface area contributed by atoms with Gasteiger partial charge in [0.15, 0.2) is 0 Å². The standard InChI is InChI=1S/C20H26O2/c21-20(18-10-6-1-2-7-11-18)14-12-19(13-15-20)22-16-17-8-4-3-5-9-17/h3-5,8-9,12-14,18,21H,1-2,6-7,10-11,15-16H2. The van der Waals surface area contributed by atoms with Crippen LogP contribution in [0.15, 0.2) is 54.3 Å². The Bertz CT molecular complexity index is 524. The lowest BCUT2D eigenvalue weighted by Gasteiger charge is -2.34. The lowest BCUT2D eigenvalue weighted by atomic mass is 9.78. The quantitative estimate of drug-likeness (QED) is 0.813. The average molecular weight is 298 g/mol. The monoisotopic (exact) mass is 298 g/mol. The van der Waals surface area contributed by atoms with Gasteiger partial charge in [0.2, 0.25) is 0 Å². The van der Waals surface area contributed by atoms with Crippen LogP contribution >= 0.6 is 0 Å². The average Bonchev–Trinajstić information content (AvgIpc) is 2.85. The lowest BCUT2D eigenvalue weighted by molar-refractivity contribution is 0.0198. The summed E-state index contributed by atoms with van der Waals surface area (Å²) in [5.41, 5.74) is 0.505. The fourth-order valence-electron chi connectivity index (χ4n) is 3.56. The third kappa shape index (κ3) is 3.80. The van der Waals surface area contributed by atoms with Gasteiger partial charge in [0.05, 0.1) is 5.60 Å². The van der Waals surface area contributed by atoms with Crippen molar-refractivity contribution in [2.45, 2.75) is 57.2 Å². The molecule has 3 rings (SSSR count). The molecule has 118 valence electrons. The van der Waals surface area contributed by atoms with Gasteiger partial charge in [0, 0.05) is 6.42 Å². The largest absolute Gasteiger partial charge is 0.489 e. The van der Waals surface area contributed by atoms with E-state index >= 15 is 0 Å².